The Morgan fingerprint density at radius 3 is 2.25 bits per heavy atom. The first-order valence-corrected chi connectivity index (χ1v) is 5.40. The predicted molar refractivity (Wildman–Crippen MR) is 64.5 cm³/mol. The Labute approximate surface area is 96.3 Å². The maximum absolute atomic E-state index is 10.8. The molecule has 0 aromatic heterocycles. The number of aliphatic carboxylic acids is 1. The molecule has 0 aliphatic rings. The lowest BCUT2D eigenvalue weighted by Crippen LogP contribution is -2.34. The SMILES string of the molecule is C[C@H](C(=O)O)c1ccc(CC(C)(C)N)cc1. The van der Waals surface area contributed by atoms with Gasteiger partial charge in [0.2, 0.25) is 0 Å². The third-order valence-electron chi connectivity index (χ3n) is 2.51. The van der Waals surface area contributed by atoms with Crippen molar-refractivity contribution in [2.45, 2.75) is 38.6 Å². The number of carbonyl (C=O) groups is 1. The normalized spacial score (nSPS) is 13.5. The molecule has 3 nitrogen and oxygen atoms in total. The van der Waals surface area contributed by atoms with Gasteiger partial charge in [0, 0.05) is 5.54 Å². The second-order valence-electron chi connectivity index (χ2n) is 4.97. The molecule has 0 fully saturated rings. The van der Waals surface area contributed by atoms with E-state index in [1.165, 1.54) is 0 Å². The van der Waals surface area contributed by atoms with Gasteiger partial charge in [0.15, 0.2) is 0 Å². The molecule has 0 saturated carbocycles. The Hall–Kier alpha value is -1.35. The van der Waals surface area contributed by atoms with Crippen molar-refractivity contribution >= 4 is 5.97 Å². The molecule has 88 valence electrons. The molecule has 16 heavy (non-hydrogen) atoms. The van der Waals surface area contributed by atoms with Gasteiger partial charge in [-0.2, -0.15) is 0 Å². The molecule has 0 aliphatic carbocycles. The minimum atomic E-state index is -0.799. The molecule has 1 aromatic carbocycles. The van der Waals surface area contributed by atoms with E-state index in [-0.39, 0.29) is 5.54 Å². The van der Waals surface area contributed by atoms with E-state index < -0.39 is 11.9 Å². The van der Waals surface area contributed by atoms with Crippen LogP contribution in [-0.4, -0.2) is 16.6 Å². The fourth-order valence-corrected chi connectivity index (χ4v) is 1.59. The molecular weight excluding hydrogens is 202 g/mol. The monoisotopic (exact) mass is 221 g/mol. The Kier molecular flexibility index (Phi) is 3.70. The molecule has 0 heterocycles. The van der Waals surface area contributed by atoms with Gasteiger partial charge in [-0.15, -0.1) is 0 Å². The second kappa shape index (κ2) is 4.66. The van der Waals surface area contributed by atoms with E-state index in [1.807, 2.05) is 38.1 Å². The zero-order chi connectivity index (χ0) is 12.3. The zero-order valence-electron chi connectivity index (χ0n) is 10.0. The number of hydrogen-bond acceptors (Lipinski definition) is 2. The highest BCUT2D eigenvalue weighted by atomic mass is 16.4. The van der Waals surface area contributed by atoms with Crippen LogP contribution < -0.4 is 5.73 Å². The van der Waals surface area contributed by atoms with Crippen molar-refractivity contribution in [3.8, 4) is 0 Å². The van der Waals surface area contributed by atoms with Gasteiger partial charge in [-0.3, -0.25) is 4.79 Å². The summed E-state index contributed by atoms with van der Waals surface area (Å²) in [5.74, 6) is -1.26. The van der Waals surface area contributed by atoms with E-state index in [2.05, 4.69) is 0 Å². The molecule has 0 radical (unpaired) electrons. The molecule has 0 aliphatic heterocycles. The minimum absolute atomic E-state index is 0.236. The number of carboxylic acids is 1. The lowest BCUT2D eigenvalue weighted by Gasteiger charge is -2.18. The van der Waals surface area contributed by atoms with Crippen LogP contribution in [0, 0.1) is 0 Å². The van der Waals surface area contributed by atoms with Crippen molar-refractivity contribution in [1.82, 2.24) is 0 Å². The van der Waals surface area contributed by atoms with Crippen LogP contribution in [0.25, 0.3) is 0 Å². The average Bonchev–Trinajstić information content (AvgIpc) is 2.15. The van der Waals surface area contributed by atoms with Crippen molar-refractivity contribution in [3.05, 3.63) is 35.4 Å². The van der Waals surface area contributed by atoms with E-state index in [0.29, 0.717) is 0 Å². The average molecular weight is 221 g/mol. The molecule has 0 bridgehead atoms. The Morgan fingerprint density at radius 2 is 1.88 bits per heavy atom. The van der Waals surface area contributed by atoms with Crippen LogP contribution in [0.2, 0.25) is 0 Å². The fraction of sp³-hybridized carbons (Fsp3) is 0.462. The third kappa shape index (κ3) is 3.66. The van der Waals surface area contributed by atoms with Gasteiger partial charge >= 0.3 is 5.97 Å². The fourth-order valence-electron chi connectivity index (χ4n) is 1.59. The summed E-state index contributed by atoms with van der Waals surface area (Å²) in [5.41, 5.74) is 7.64. The number of hydrogen-bond donors (Lipinski definition) is 2. The molecule has 0 unspecified atom stereocenters. The van der Waals surface area contributed by atoms with Crippen molar-refractivity contribution in [3.63, 3.8) is 0 Å². The van der Waals surface area contributed by atoms with Gasteiger partial charge in [-0.25, -0.2) is 0 Å². The lowest BCUT2D eigenvalue weighted by atomic mass is 9.93. The Morgan fingerprint density at radius 1 is 1.38 bits per heavy atom. The minimum Gasteiger partial charge on any atom is -0.481 e. The van der Waals surface area contributed by atoms with Crippen molar-refractivity contribution in [1.29, 1.82) is 0 Å². The summed E-state index contributed by atoms with van der Waals surface area (Å²) in [6.07, 6.45) is 0.786. The van der Waals surface area contributed by atoms with Gasteiger partial charge in [-0.05, 0) is 38.3 Å². The van der Waals surface area contributed by atoms with E-state index in [1.54, 1.807) is 6.92 Å². The maximum Gasteiger partial charge on any atom is 0.310 e. The molecule has 1 aromatic rings. The van der Waals surface area contributed by atoms with E-state index >= 15 is 0 Å². The molecule has 3 N–H and O–H groups in total. The van der Waals surface area contributed by atoms with Gasteiger partial charge in [0.05, 0.1) is 5.92 Å². The van der Waals surface area contributed by atoms with Gasteiger partial charge in [-0.1, -0.05) is 24.3 Å². The van der Waals surface area contributed by atoms with Crippen LogP contribution in [-0.2, 0) is 11.2 Å². The molecule has 0 saturated heterocycles. The summed E-state index contributed by atoms with van der Waals surface area (Å²) in [7, 11) is 0. The molecule has 1 atom stereocenters. The quantitative estimate of drug-likeness (QED) is 0.818. The first kappa shape index (κ1) is 12.7. The van der Waals surface area contributed by atoms with Gasteiger partial charge < -0.3 is 10.8 Å². The summed E-state index contributed by atoms with van der Waals surface area (Å²) in [4.78, 5) is 10.8. The molecular formula is C13H19NO2. The van der Waals surface area contributed by atoms with Crippen LogP contribution in [0.5, 0.6) is 0 Å². The predicted octanol–water partition coefficient (Wildman–Crippen LogP) is 2.15. The maximum atomic E-state index is 10.8. The Bertz CT molecular complexity index is 363. The van der Waals surface area contributed by atoms with E-state index in [0.717, 1.165) is 17.5 Å². The second-order valence-corrected chi connectivity index (χ2v) is 4.97. The summed E-state index contributed by atoms with van der Waals surface area (Å²) >= 11 is 0. The van der Waals surface area contributed by atoms with Crippen LogP contribution in [0.15, 0.2) is 24.3 Å². The number of nitrogens with two attached hydrogens (primary N) is 1. The smallest absolute Gasteiger partial charge is 0.310 e. The summed E-state index contributed by atoms with van der Waals surface area (Å²) in [6, 6.07) is 7.62. The summed E-state index contributed by atoms with van der Waals surface area (Å²) in [5, 5.41) is 8.87. The standard InChI is InChI=1S/C13H19NO2/c1-9(12(15)16)11-6-4-10(5-7-11)8-13(2,3)14/h4-7,9H,8,14H2,1-3H3,(H,15,16)/t9-/m0/s1. The first-order valence-electron chi connectivity index (χ1n) is 5.40. The molecule has 3 heteroatoms. The van der Waals surface area contributed by atoms with E-state index in [9.17, 15) is 4.79 Å². The number of carboxylic acid groups (broad SMARTS) is 1. The van der Waals surface area contributed by atoms with Gasteiger partial charge in [0.1, 0.15) is 0 Å². The summed E-state index contributed by atoms with van der Waals surface area (Å²) in [6.45, 7) is 5.63. The highest BCUT2D eigenvalue weighted by molar-refractivity contribution is 5.75. The molecule has 0 spiro atoms. The van der Waals surface area contributed by atoms with Crippen molar-refractivity contribution in [2.24, 2.45) is 5.73 Å². The van der Waals surface area contributed by atoms with Crippen molar-refractivity contribution in [2.75, 3.05) is 0 Å². The van der Waals surface area contributed by atoms with E-state index in [4.69, 9.17) is 10.8 Å². The van der Waals surface area contributed by atoms with Crippen LogP contribution >= 0.6 is 0 Å². The third-order valence-corrected chi connectivity index (χ3v) is 2.51. The largest absolute Gasteiger partial charge is 0.481 e. The van der Waals surface area contributed by atoms with Gasteiger partial charge in [0.25, 0.3) is 0 Å². The zero-order valence-corrected chi connectivity index (χ0v) is 10.0. The molecule has 1 rings (SSSR count). The van der Waals surface area contributed by atoms with Crippen LogP contribution in [0.1, 0.15) is 37.8 Å². The first-order chi connectivity index (χ1) is 7.29. The number of rotatable bonds is 4. The number of benzene rings is 1. The van der Waals surface area contributed by atoms with Crippen LogP contribution in [0.3, 0.4) is 0 Å². The Balaban J connectivity index is 2.79. The molecule has 0 amide bonds. The highest BCUT2D eigenvalue weighted by Gasteiger charge is 2.15. The topological polar surface area (TPSA) is 63.3 Å². The lowest BCUT2D eigenvalue weighted by molar-refractivity contribution is -0.138. The summed E-state index contributed by atoms with van der Waals surface area (Å²) < 4.78 is 0. The van der Waals surface area contributed by atoms with Crippen molar-refractivity contribution < 1.29 is 9.90 Å². The van der Waals surface area contributed by atoms with Crippen LogP contribution in [0.4, 0.5) is 0 Å². The highest BCUT2D eigenvalue weighted by Crippen LogP contribution is 2.17.